The number of rotatable bonds is 8. The minimum atomic E-state index is -0.397. The number of benzene rings is 2. The van der Waals surface area contributed by atoms with Crippen LogP contribution in [0.5, 0.6) is 0 Å². The first kappa shape index (κ1) is 23.8. The van der Waals surface area contributed by atoms with Crippen LogP contribution in [0.1, 0.15) is 43.0 Å². The predicted molar refractivity (Wildman–Crippen MR) is 136 cm³/mol. The summed E-state index contributed by atoms with van der Waals surface area (Å²) in [5.41, 5.74) is 5.22. The van der Waals surface area contributed by atoms with Crippen molar-refractivity contribution >= 4 is 28.8 Å². The van der Waals surface area contributed by atoms with Crippen molar-refractivity contribution in [1.82, 2.24) is 10.2 Å². The van der Waals surface area contributed by atoms with Gasteiger partial charge < -0.3 is 15.0 Å². The van der Waals surface area contributed by atoms with E-state index in [-0.39, 0.29) is 24.9 Å². The summed E-state index contributed by atoms with van der Waals surface area (Å²) in [5.74, 6) is -0.434. The number of fused-ring (bicyclic) bond motifs is 1. The Balaban J connectivity index is 1.56. The van der Waals surface area contributed by atoms with Crippen LogP contribution in [0.25, 0.3) is 0 Å². The van der Waals surface area contributed by atoms with E-state index in [2.05, 4.69) is 17.4 Å². The molecule has 6 nitrogen and oxygen atoms in total. The highest BCUT2D eigenvalue weighted by atomic mass is 32.2. The zero-order valence-electron chi connectivity index (χ0n) is 19.7. The SMILES string of the molecule is CCOC(=O)C1=C(C)N=C2SC=C(CC(=O)NCCc3ccccc3)N2[C@@H]1c1ccccc1C. The second-order valence-corrected chi connectivity index (χ2v) is 9.07. The third-order valence-electron chi connectivity index (χ3n) is 5.90. The molecule has 176 valence electrons. The number of aryl methyl sites for hydroxylation is 1. The van der Waals surface area contributed by atoms with E-state index < -0.39 is 6.04 Å². The fraction of sp³-hybridized carbons (Fsp3) is 0.296. The molecule has 0 unspecified atom stereocenters. The summed E-state index contributed by atoms with van der Waals surface area (Å²) in [6.45, 7) is 6.52. The number of hydrogen-bond donors (Lipinski definition) is 1. The van der Waals surface area contributed by atoms with E-state index in [0.717, 1.165) is 28.4 Å². The zero-order valence-corrected chi connectivity index (χ0v) is 20.5. The van der Waals surface area contributed by atoms with Gasteiger partial charge >= 0.3 is 5.97 Å². The van der Waals surface area contributed by atoms with E-state index >= 15 is 0 Å². The molecule has 2 aromatic carbocycles. The summed E-state index contributed by atoms with van der Waals surface area (Å²) in [4.78, 5) is 32.6. The lowest BCUT2D eigenvalue weighted by atomic mass is 9.91. The second kappa shape index (κ2) is 10.7. The van der Waals surface area contributed by atoms with Gasteiger partial charge in [0, 0.05) is 12.2 Å². The molecular formula is C27H29N3O3S. The van der Waals surface area contributed by atoms with Crippen molar-refractivity contribution in [3.05, 3.63) is 93.7 Å². The molecular weight excluding hydrogens is 446 g/mol. The van der Waals surface area contributed by atoms with Crippen molar-refractivity contribution in [2.75, 3.05) is 13.2 Å². The summed E-state index contributed by atoms with van der Waals surface area (Å²) in [7, 11) is 0. The van der Waals surface area contributed by atoms with E-state index in [0.29, 0.717) is 17.8 Å². The van der Waals surface area contributed by atoms with Crippen molar-refractivity contribution in [3.63, 3.8) is 0 Å². The van der Waals surface area contributed by atoms with Crippen LogP contribution >= 0.6 is 11.8 Å². The average molecular weight is 476 g/mol. The molecule has 7 heteroatoms. The second-order valence-electron chi connectivity index (χ2n) is 8.23. The number of thioether (sulfide) groups is 1. The van der Waals surface area contributed by atoms with Gasteiger partial charge in [-0.1, -0.05) is 66.4 Å². The number of nitrogens with zero attached hydrogens (tertiary/aromatic N) is 2. The number of esters is 1. The number of allylic oxidation sites excluding steroid dienone is 1. The van der Waals surface area contributed by atoms with Crippen molar-refractivity contribution in [2.24, 2.45) is 4.99 Å². The first-order valence-corrected chi connectivity index (χ1v) is 12.3. The number of amidine groups is 1. The van der Waals surface area contributed by atoms with Crippen LogP contribution in [0.15, 0.2) is 82.0 Å². The van der Waals surface area contributed by atoms with Gasteiger partial charge in [-0.15, -0.1) is 0 Å². The number of hydrogen-bond acceptors (Lipinski definition) is 6. The van der Waals surface area contributed by atoms with E-state index in [1.54, 1.807) is 6.92 Å². The van der Waals surface area contributed by atoms with Crippen molar-refractivity contribution in [3.8, 4) is 0 Å². The smallest absolute Gasteiger partial charge is 0.338 e. The summed E-state index contributed by atoms with van der Waals surface area (Å²) in [6, 6.07) is 17.7. The minimum absolute atomic E-state index is 0.0588. The largest absolute Gasteiger partial charge is 0.463 e. The molecule has 0 aliphatic carbocycles. The van der Waals surface area contributed by atoms with Crippen LogP contribution in [0.4, 0.5) is 0 Å². The van der Waals surface area contributed by atoms with Gasteiger partial charge in [-0.25, -0.2) is 9.79 Å². The van der Waals surface area contributed by atoms with Crippen LogP contribution in [-0.2, 0) is 20.7 Å². The monoisotopic (exact) mass is 475 g/mol. The molecule has 1 N–H and O–H groups in total. The highest BCUT2D eigenvalue weighted by molar-refractivity contribution is 8.16. The van der Waals surface area contributed by atoms with Gasteiger partial charge in [-0.05, 0) is 49.3 Å². The normalized spacial score (nSPS) is 17.1. The Morgan fingerprint density at radius 3 is 2.56 bits per heavy atom. The fourth-order valence-electron chi connectivity index (χ4n) is 4.25. The van der Waals surface area contributed by atoms with Gasteiger partial charge in [0.2, 0.25) is 5.91 Å². The third-order valence-corrected chi connectivity index (χ3v) is 6.79. The predicted octanol–water partition coefficient (Wildman–Crippen LogP) is 4.88. The molecule has 1 atom stereocenters. The molecule has 0 fully saturated rings. The number of nitrogens with one attached hydrogen (secondary N) is 1. The van der Waals surface area contributed by atoms with Gasteiger partial charge in [0.25, 0.3) is 0 Å². The Hall–Kier alpha value is -3.32. The first-order valence-electron chi connectivity index (χ1n) is 11.5. The van der Waals surface area contributed by atoms with Crippen LogP contribution in [0, 0.1) is 6.92 Å². The van der Waals surface area contributed by atoms with Crippen LogP contribution in [-0.4, -0.2) is 35.1 Å². The number of ether oxygens (including phenoxy) is 1. The Labute approximate surface area is 204 Å². The standard InChI is InChI=1S/C27H29N3O3S/c1-4-33-26(32)24-19(3)29-27-30(25(24)22-13-9-8-10-18(22)2)21(17-34-27)16-23(31)28-15-14-20-11-6-5-7-12-20/h5-13,17,25H,4,14-16H2,1-3H3,(H,28,31)/t25-/m1/s1. The van der Waals surface area contributed by atoms with Crippen LogP contribution < -0.4 is 5.32 Å². The lowest BCUT2D eigenvalue weighted by Crippen LogP contribution is -2.38. The van der Waals surface area contributed by atoms with Gasteiger partial charge in [-0.3, -0.25) is 4.79 Å². The van der Waals surface area contributed by atoms with Crippen molar-refractivity contribution in [1.29, 1.82) is 0 Å². The van der Waals surface area contributed by atoms with E-state index in [1.165, 1.54) is 17.3 Å². The molecule has 0 saturated carbocycles. The molecule has 0 spiro atoms. The highest BCUT2D eigenvalue weighted by Crippen LogP contribution is 2.45. The maximum atomic E-state index is 13.0. The Bertz CT molecular complexity index is 1170. The van der Waals surface area contributed by atoms with Gasteiger partial charge in [0.05, 0.1) is 30.3 Å². The average Bonchev–Trinajstić information content (AvgIpc) is 3.21. The Kier molecular flexibility index (Phi) is 7.53. The molecule has 0 bridgehead atoms. The maximum Gasteiger partial charge on any atom is 0.338 e. The summed E-state index contributed by atoms with van der Waals surface area (Å²) in [5, 5.41) is 5.75. The maximum absolute atomic E-state index is 13.0. The van der Waals surface area contributed by atoms with Gasteiger partial charge in [-0.2, -0.15) is 0 Å². The van der Waals surface area contributed by atoms with Gasteiger partial charge in [0.15, 0.2) is 5.17 Å². The molecule has 0 aromatic heterocycles. The van der Waals surface area contributed by atoms with E-state index in [1.807, 2.05) is 66.6 Å². The van der Waals surface area contributed by atoms with Crippen LogP contribution in [0.3, 0.4) is 0 Å². The molecule has 2 aromatic rings. The lowest BCUT2D eigenvalue weighted by Gasteiger charge is -2.37. The lowest BCUT2D eigenvalue weighted by molar-refractivity contribution is -0.139. The van der Waals surface area contributed by atoms with Crippen molar-refractivity contribution < 1.29 is 14.3 Å². The number of aliphatic imine (C=N–C) groups is 1. The van der Waals surface area contributed by atoms with Gasteiger partial charge in [0.1, 0.15) is 0 Å². The molecule has 2 aliphatic heterocycles. The quantitative estimate of drug-likeness (QED) is 0.551. The summed E-state index contributed by atoms with van der Waals surface area (Å²) >= 11 is 1.48. The topological polar surface area (TPSA) is 71.0 Å². The Morgan fingerprint density at radius 1 is 1.09 bits per heavy atom. The third kappa shape index (κ3) is 5.09. The fourth-order valence-corrected chi connectivity index (χ4v) is 5.21. The minimum Gasteiger partial charge on any atom is -0.463 e. The van der Waals surface area contributed by atoms with Crippen molar-refractivity contribution in [2.45, 2.75) is 39.7 Å². The molecule has 0 radical (unpaired) electrons. The molecule has 1 amide bonds. The molecule has 4 rings (SSSR count). The Morgan fingerprint density at radius 2 is 1.82 bits per heavy atom. The molecule has 2 aliphatic rings. The number of carbonyl (C=O) groups is 2. The summed E-state index contributed by atoms with van der Waals surface area (Å²) in [6.07, 6.45) is 0.982. The molecule has 0 saturated heterocycles. The van der Waals surface area contributed by atoms with E-state index in [4.69, 9.17) is 9.73 Å². The van der Waals surface area contributed by atoms with Crippen LogP contribution in [0.2, 0.25) is 0 Å². The number of carbonyl (C=O) groups excluding carboxylic acids is 2. The summed E-state index contributed by atoms with van der Waals surface area (Å²) < 4.78 is 5.41. The van der Waals surface area contributed by atoms with E-state index in [9.17, 15) is 9.59 Å². The molecule has 2 heterocycles. The first-order chi connectivity index (χ1) is 16.5. The number of amides is 1. The zero-order chi connectivity index (χ0) is 24.1. The highest BCUT2D eigenvalue weighted by Gasteiger charge is 2.41. The molecule has 34 heavy (non-hydrogen) atoms.